The lowest BCUT2D eigenvalue weighted by atomic mass is 10.0. The van der Waals surface area contributed by atoms with Crippen LogP contribution in [-0.2, 0) is 0 Å². The molecule has 2 aromatic rings. The van der Waals surface area contributed by atoms with Gasteiger partial charge in [-0.15, -0.1) is 11.8 Å². The Kier molecular flexibility index (Phi) is 5.04. The van der Waals surface area contributed by atoms with Crippen molar-refractivity contribution in [1.29, 1.82) is 0 Å². The Morgan fingerprint density at radius 2 is 1.85 bits per heavy atom. The van der Waals surface area contributed by atoms with Crippen LogP contribution in [0.25, 0.3) is 0 Å². The molecule has 4 heteroatoms. The van der Waals surface area contributed by atoms with E-state index < -0.39 is 0 Å². The van der Waals surface area contributed by atoms with Crippen molar-refractivity contribution in [2.75, 3.05) is 6.26 Å². The normalized spacial score (nSPS) is 13.8. The second-order valence-corrected chi connectivity index (χ2v) is 5.51. The predicted octanol–water partition coefficient (Wildman–Crippen LogP) is 4.01. The standard InChI is InChI=1S/C16H18FNOS/c1-11(18)16(12-4-3-5-13(17)10-12)19-14-6-8-15(20-2)9-7-14/h3-11,16H,18H2,1-2H3. The fraction of sp³-hybridized carbons (Fsp3) is 0.250. The van der Waals surface area contributed by atoms with Crippen molar-refractivity contribution in [3.05, 3.63) is 59.9 Å². The van der Waals surface area contributed by atoms with Crippen LogP contribution in [0.2, 0.25) is 0 Å². The van der Waals surface area contributed by atoms with Gasteiger partial charge in [0.1, 0.15) is 17.7 Å². The average Bonchev–Trinajstić information content (AvgIpc) is 2.45. The number of halogens is 1. The Hall–Kier alpha value is -1.52. The molecule has 0 aliphatic carbocycles. The third kappa shape index (κ3) is 3.74. The van der Waals surface area contributed by atoms with E-state index in [2.05, 4.69) is 0 Å². The second kappa shape index (κ2) is 6.77. The topological polar surface area (TPSA) is 35.2 Å². The van der Waals surface area contributed by atoms with Gasteiger partial charge in [-0.2, -0.15) is 0 Å². The van der Waals surface area contributed by atoms with Gasteiger partial charge in [0.25, 0.3) is 0 Å². The van der Waals surface area contributed by atoms with Crippen LogP contribution in [0.5, 0.6) is 5.75 Å². The second-order valence-electron chi connectivity index (χ2n) is 4.63. The first-order valence-corrected chi connectivity index (χ1v) is 7.64. The van der Waals surface area contributed by atoms with Gasteiger partial charge in [-0.1, -0.05) is 12.1 Å². The minimum atomic E-state index is -0.370. The highest BCUT2D eigenvalue weighted by Gasteiger charge is 2.18. The SMILES string of the molecule is CSc1ccc(OC(c2cccc(F)c2)C(C)N)cc1. The molecule has 2 rings (SSSR count). The molecule has 0 saturated carbocycles. The Morgan fingerprint density at radius 3 is 2.40 bits per heavy atom. The lowest BCUT2D eigenvalue weighted by Crippen LogP contribution is -2.29. The molecule has 0 fully saturated rings. The van der Waals surface area contributed by atoms with Crippen molar-refractivity contribution in [3.63, 3.8) is 0 Å². The van der Waals surface area contributed by atoms with E-state index in [1.54, 1.807) is 17.8 Å². The Labute approximate surface area is 123 Å². The molecule has 0 bridgehead atoms. The van der Waals surface area contributed by atoms with Crippen LogP contribution in [0.1, 0.15) is 18.6 Å². The molecular formula is C16H18FNOS. The van der Waals surface area contributed by atoms with Crippen LogP contribution >= 0.6 is 11.8 Å². The van der Waals surface area contributed by atoms with E-state index in [1.165, 1.54) is 17.0 Å². The van der Waals surface area contributed by atoms with E-state index in [9.17, 15) is 4.39 Å². The molecule has 106 valence electrons. The highest BCUT2D eigenvalue weighted by atomic mass is 32.2. The smallest absolute Gasteiger partial charge is 0.139 e. The summed E-state index contributed by atoms with van der Waals surface area (Å²) < 4.78 is 19.2. The number of rotatable bonds is 5. The van der Waals surface area contributed by atoms with Crippen LogP contribution in [0.4, 0.5) is 4.39 Å². The van der Waals surface area contributed by atoms with Crippen molar-refractivity contribution in [2.45, 2.75) is 24.0 Å². The van der Waals surface area contributed by atoms with Crippen molar-refractivity contribution in [3.8, 4) is 5.75 Å². The zero-order chi connectivity index (χ0) is 14.5. The van der Waals surface area contributed by atoms with E-state index in [4.69, 9.17) is 10.5 Å². The summed E-state index contributed by atoms with van der Waals surface area (Å²) in [6, 6.07) is 13.9. The summed E-state index contributed by atoms with van der Waals surface area (Å²) in [6.45, 7) is 1.85. The number of thioether (sulfide) groups is 1. The number of hydrogen-bond donors (Lipinski definition) is 1. The van der Waals surface area contributed by atoms with Crippen LogP contribution in [0.15, 0.2) is 53.4 Å². The van der Waals surface area contributed by atoms with Gasteiger partial charge in [0.2, 0.25) is 0 Å². The largest absolute Gasteiger partial charge is 0.484 e. The summed E-state index contributed by atoms with van der Waals surface area (Å²) in [7, 11) is 0. The molecule has 0 saturated heterocycles. The quantitative estimate of drug-likeness (QED) is 0.845. The monoisotopic (exact) mass is 291 g/mol. The molecule has 2 unspecified atom stereocenters. The molecule has 0 aromatic heterocycles. The fourth-order valence-corrected chi connectivity index (χ4v) is 2.37. The van der Waals surface area contributed by atoms with Crippen LogP contribution in [-0.4, -0.2) is 12.3 Å². The molecule has 20 heavy (non-hydrogen) atoms. The maximum atomic E-state index is 13.3. The molecule has 0 aliphatic rings. The molecule has 0 heterocycles. The summed E-state index contributed by atoms with van der Waals surface area (Å²) in [6.07, 6.45) is 1.65. The van der Waals surface area contributed by atoms with E-state index >= 15 is 0 Å². The van der Waals surface area contributed by atoms with E-state index in [0.29, 0.717) is 0 Å². The first-order chi connectivity index (χ1) is 9.60. The van der Waals surface area contributed by atoms with Crippen molar-refractivity contribution in [2.24, 2.45) is 5.73 Å². The van der Waals surface area contributed by atoms with E-state index in [-0.39, 0.29) is 18.0 Å². The first kappa shape index (κ1) is 14.9. The molecule has 2 aromatic carbocycles. The molecule has 2 N–H and O–H groups in total. The molecule has 0 radical (unpaired) electrons. The number of nitrogens with two attached hydrogens (primary N) is 1. The zero-order valence-electron chi connectivity index (χ0n) is 11.5. The molecule has 0 spiro atoms. The number of hydrogen-bond acceptors (Lipinski definition) is 3. The van der Waals surface area contributed by atoms with Gasteiger partial charge in [-0.25, -0.2) is 4.39 Å². The summed E-state index contributed by atoms with van der Waals surface area (Å²) in [5, 5.41) is 0. The van der Waals surface area contributed by atoms with Gasteiger partial charge < -0.3 is 10.5 Å². The summed E-state index contributed by atoms with van der Waals surface area (Å²) in [5.74, 6) is 0.448. The van der Waals surface area contributed by atoms with Gasteiger partial charge in [0, 0.05) is 10.9 Å². The molecule has 2 nitrogen and oxygen atoms in total. The first-order valence-electron chi connectivity index (χ1n) is 6.42. The molecule has 0 aliphatic heterocycles. The minimum absolute atomic E-state index is 0.239. The van der Waals surface area contributed by atoms with Gasteiger partial charge in [-0.05, 0) is 55.1 Å². The third-order valence-electron chi connectivity index (χ3n) is 2.98. The molecular weight excluding hydrogens is 273 g/mol. The van der Waals surface area contributed by atoms with Gasteiger partial charge >= 0.3 is 0 Å². The van der Waals surface area contributed by atoms with Crippen molar-refractivity contribution < 1.29 is 9.13 Å². The number of benzene rings is 2. The number of ether oxygens (including phenoxy) is 1. The van der Waals surface area contributed by atoms with Crippen LogP contribution in [0.3, 0.4) is 0 Å². The fourth-order valence-electron chi connectivity index (χ4n) is 1.96. The lowest BCUT2D eigenvalue weighted by molar-refractivity contribution is 0.180. The van der Waals surface area contributed by atoms with Gasteiger partial charge in [0.15, 0.2) is 0 Å². The average molecular weight is 291 g/mol. The van der Waals surface area contributed by atoms with Crippen molar-refractivity contribution in [1.82, 2.24) is 0 Å². The van der Waals surface area contributed by atoms with Crippen LogP contribution < -0.4 is 10.5 Å². The lowest BCUT2D eigenvalue weighted by Gasteiger charge is -2.23. The predicted molar refractivity (Wildman–Crippen MR) is 81.6 cm³/mol. The van der Waals surface area contributed by atoms with E-state index in [0.717, 1.165) is 11.3 Å². The van der Waals surface area contributed by atoms with E-state index in [1.807, 2.05) is 43.5 Å². The summed E-state index contributed by atoms with van der Waals surface area (Å²) >= 11 is 1.67. The highest BCUT2D eigenvalue weighted by Crippen LogP contribution is 2.26. The maximum absolute atomic E-state index is 13.3. The zero-order valence-corrected chi connectivity index (χ0v) is 12.4. The Morgan fingerprint density at radius 1 is 1.15 bits per heavy atom. The highest BCUT2D eigenvalue weighted by molar-refractivity contribution is 7.98. The molecule has 2 atom stereocenters. The van der Waals surface area contributed by atoms with Crippen molar-refractivity contribution >= 4 is 11.8 Å². The van der Waals surface area contributed by atoms with Gasteiger partial charge in [-0.3, -0.25) is 0 Å². The Balaban J connectivity index is 2.21. The van der Waals surface area contributed by atoms with Gasteiger partial charge in [0.05, 0.1) is 0 Å². The third-order valence-corrected chi connectivity index (χ3v) is 3.72. The minimum Gasteiger partial charge on any atom is -0.484 e. The summed E-state index contributed by atoms with van der Waals surface area (Å²) in [5.41, 5.74) is 6.72. The maximum Gasteiger partial charge on any atom is 0.139 e. The Bertz CT molecular complexity index is 557. The summed E-state index contributed by atoms with van der Waals surface area (Å²) in [4.78, 5) is 1.17. The molecule has 0 amide bonds. The van der Waals surface area contributed by atoms with Crippen LogP contribution in [0, 0.1) is 5.82 Å².